The zero-order chi connectivity index (χ0) is 13.9. The van der Waals surface area contributed by atoms with Gasteiger partial charge in [0.1, 0.15) is 5.82 Å². The lowest BCUT2D eigenvalue weighted by Gasteiger charge is -2.24. The van der Waals surface area contributed by atoms with E-state index < -0.39 is 0 Å². The van der Waals surface area contributed by atoms with Gasteiger partial charge >= 0.3 is 0 Å². The summed E-state index contributed by atoms with van der Waals surface area (Å²) in [5, 5.41) is 0. The lowest BCUT2D eigenvalue weighted by molar-refractivity contribution is 0.0740. The predicted octanol–water partition coefficient (Wildman–Crippen LogP) is 1.64. The molecule has 0 bridgehead atoms. The van der Waals surface area contributed by atoms with Gasteiger partial charge in [-0.15, -0.1) is 0 Å². The third-order valence-electron chi connectivity index (χ3n) is 2.74. The highest BCUT2D eigenvalue weighted by Crippen LogP contribution is 2.15. The monoisotopic (exact) mass is 270 g/mol. The Bertz CT molecular complexity index is 350. The van der Waals surface area contributed by atoms with Crippen molar-refractivity contribution in [1.82, 2.24) is 0 Å². The van der Waals surface area contributed by atoms with Gasteiger partial charge in [0.2, 0.25) is 0 Å². The van der Waals surface area contributed by atoms with E-state index in [4.69, 9.17) is 15.2 Å². The van der Waals surface area contributed by atoms with Crippen LogP contribution in [0.4, 0.5) is 10.1 Å². The molecule has 0 amide bonds. The van der Waals surface area contributed by atoms with E-state index in [9.17, 15) is 4.39 Å². The lowest BCUT2D eigenvalue weighted by atomic mass is 10.2. The van der Waals surface area contributed by atoms with Gasteiger partial charge < -0.3 is 20.1 Å². The van der Waals surface area contributed by atoms with Crippen molar-refractivity contribution in [3.63, 3.8) is 0 Å². The van der Waals surface area contributed by atoms with Crippen LogP contribution in [0.25, 0.3) is 0 Å². The van der Waals surface area contributed by atoms with Crippen LogP contribution < -0.4 is 10.6 Å². The lowest BCUT2D eigenvalue weighted by Crippen LogP contribution is -2.30. The molecule has 0 aromatic heterocycles. The topological polar surface area (TPSA) is 47.7 Å². The van der Waals surface area contributed by atoms with E-state index >= 15 is 0 Å². The summed E-state index contributed by atoms with van der Waals surface area (Å²) in [5.41, 5.74) is 6.40. The highest BCUT2D eigenvalue weighted by Gasteiger charge is 2.06. The fourth-order valence-electron chi connectivity index (χ4n) is 1.74. The molecule has 0 saturated heterocycles. The van der Waals surface area contributed by atoms with E-state index in [1.54, 1.807) is 13.2 Å². The average Bonchev–Trinajstić information content (AvgIpc) is 2.42. The second-order valence-electron chi connectivity index (χ2n) is 4.21. The van der Waals surface area contributed by atoms with Crippen LogP contribution in [0.1, 0.15) is 6.42 Å². The van der Waals surface area contributed by atoms with Gasteiger partial charge in [0.15, 0.2) is 0 Å². The number of benzene rings is 1. The van der Waals surface area contributed by atoms with Crippen LogP contribution in [-0.2, 0) is 9.47 Å². The first-order valence-electron chi connectivity index (χ1n) is 6.55. The number of anilines is 1. The molecule has 0 aliphatic heterocycles. The quantitative estimate of drug-likeness (QED) is 0.657. The smallest absolute Gasteiger partial charge is 0.125 e. The van der Waals surface area contributed by atoms with E-state index in [0.717, 1.165) is 18.7 Å². The summed E-state index contributed by atoms with van der Waals surface area (Å²) >= 11 is 0. The molecule has 1 aromatic carbocycles. The van der Waals surface area contributed by atoms with Crippen molar-refractivity contribution in [1.29, 1.82) is 0 Å². The van der Waals surface area contributed by atoms with Crippen molar-refractivity contribution in [3.05, 3.63) is 30.1 Å². The van der Waals surface area contributed by atoms with Crippen LogP contribution in [0.5, 0.6) is 0 Å². The summed E-state index contributed by atoms with van der Waals surface area (Å²) in [7, 11) is 1.64. The molecule has 1 rings (SSSR count). The molecule has 0 radical (unpaired) electrons. The predicted molar refractivity (Wildman–Crippen MR) is 75.0 cm³/mol. The number of methoxy groups -OCH3 is 1. The molecule has 0 fully saturated rings. The minimum atomic E-state index is -0.226. The summed E-state index contributed by atoms with van der Waals surface area (Å²) in [4.78, 5) is 2.09. The Morgan fingerprint density at radius 2 is 2.05 bits per heavy atom. The van der Waals surface area contributed by atoms with E-state index in [0.29, 0.717) is 32.9 Å². The number of ether oxygens (including phenoxy) is 2. The van der Waals surface area contributed by atoms with E-state index in [1.165, 1.54) is 12.1 Å². The average molecular weight is 270 g/mol. The first-order valence-corrected chi connectivity index (χ1v) is 6.55. The van der Waals surface area contributed by atoms with Crippen LogP contribution in [0, 0.1) is 5.82 Å². The van der Waals surface area contributed by atoms with Gasteiger partial charge in [0.05, 0.1) is 19.8 Å². The number of nitrogens with zero attached hydrogens (tertiary/aromatic N) is 1. The number of nitrogens with two attached hydrogens (primary N) is 1. The van der Waals surface area contributed by atoms with Crippen molar-refractivity contribution in [2.24, 2.45) is 5.73 Å². The summed E-state index contributed by atoms with van der Waals surface area (Å²) < 4.78 is 23.6. The number of hydrogen-bond acceptors (Lipinski definition) is 4. The highest BCUT2D eigenvalue weighted by atomic mass is 19.1. The molecule has 0 aliphatic rings. The molecule has 4 nitrogen and oxygen atoms in total. The molecule has 0 aliphatic carbocycles. The van der Waals surface area contributed by atoms with E-state index in [2.05, 4.69) is 4.90 Å². The summed E-state index contributed by atoms with van der Waals surface area (Å²) in [5.74, 6) is -0.226. The fourth-order valence-corrected chi connectivity index (χ4v) is 1.74. The molecule has 0 atom stereocenters. The molecule has 19 heavy (non-hydrogen) atoms. The van der Waals surface area contributed by atoms with E-state index in [1.807, 2.05) is 6.07 Å². The van der Waals surface area contributed by atoms with Crippen LogP contribution in [0.2, 0.25) is 0 Å². The van der Waals surface area contributed by atoms with Gasteiger partial charge in [0, 0.05) is 25.9 Å². The first-order chi connectivity index (χ1) is 9.27. The summed E-state index contributed by atoms with van der Waals surface area (Å²) in [6.45, 7) is 3.88. The second-order valence-corrected chi connectivity index (χ2v) is 4.21. The Hall–Kier alpha value is -1.17. The Morgan fingerprint density at radius 3 is 2.74 bits per heavy atom. The Kier molecular flexibility index (Phi) is 8.13. The van der Waals surface area contributed by atoms with Crippen molar-refractivity contribution < 1.29 is 13.9 Å². The van der Waals surface area contributed by atoms with Crippen LogP contribution in [0.3, 0.4) is 0 Å². The summed E-state index contributed by atoms with van der Waals surface area (Å²) in [6.07, 6.45) is 0.870. The maximum absolute atomic E-state index is 13.2. The molecular formula is C14H23FN2O2. The molecule has 2 N–H and O–H groups in total. The van der Waals surface area contributed by atoms with Crippen molar-refractivity contribution in [2.45, 2.75) is 6.42 Å². The molecule has 108 valence electrons. The molecule has 0 saturated carbocycles. The molecular weight excluding hydrogens is 247 g/mol. The minimum absolute atomic E-state index is 0.226. The molecule has 5 heteroatoms. The van der Waals surface area contributed by atoms with Crippen molar-refractivity contribution in [3.8, 4) is 0 Å². The minimum Gasteiger partial charge on any atom is -0.382 e. The number of hydrogen-bond donors (Lipinski definition) is 1. The normalized spacial score (nSPS) is 10.7. The van der Waals surface area contributed by atoms with Crippen LogP contribution >= 0.6 is 0 Å². The van der Waals surface area contributed by atoms with E-state index in [-0.39, 0.29) is 5.82 Å². The highest BCUT2D eigenvalue weighted by molar-refractivity contribution is 5.46. The summed E-state index contributed by atoms with van der Waals surface area (Å²) in [6, 6.07) is 6.59. The maximum Gasteiger partial charge on any atom is 0.125 e. The molecule has 0 unspecified atom stereocenters. The van der Waals surface area contributed by atoms with Gasteiger partial charge in [0.25, 0.3) is 0 Å². The third kappa shape index (κ3) is 6.52. The Morgan fingerprint density at radius 1 is 1.21 bits per heavy atom. The fraction of sp³-hybridized carbons (Fsp3) is 0.571. The number of halogens is 1. The first kappa shape index (κ1) is 15.9. The van der Waals surface area contributed by atoms with Gasteiger partial charge in [-0.3, -0.25) is 0 Å². The van der Waals surface area contributed by atoms with Crippen LogP contribution in [-0.4, -0.2) is 46.6 Å². The standard InChI is InChI=1S/C14H23FN2O2/c1-18-10-11-19-9-8-17(7-3-6-16)14-5-2-4-13(15)12-14/h2,4-5,12H,3,6-11,16H2,1H3. The Balaban J connectivity index is 2.47. The SMILES string of the molecule is COCCOCCN(CCCN)c1cccc(F)c1. The maximum atomic E-state index is 13.2. The van der Waals surface area contributed by atoms with Crippen molar-refractivity contribution in [2.75, 3.05) is 51.5 Å². The molecule has 0 heterocycles. The zero-order valence-electron chi connectivity index (χ0n) is 11.5. The van der Waals surface area contributed by atoms with Gasteiger partial charge in [-0.1, -0.05) is 6.07 Å². The second kappa shape index (κ2) is 9.72. The van der Waals surface area contributed by atoms with Gasteiger partial charge in [-0.05, 0) is 31.2 Å². The van der Waals surface area contributed by atoms with Gasteiger partial charge in [-0.2, -0.15) is 0 Å². The largest absolute Gasteiger partial charge is 0.382 e. The van der Waals surface area contributed by atoms with Gasteiger partial charge in [-0.25, -0.2) is 4.39 Å². The third-order valence-corrected chi connectivity index (χ3v) is 2.74. The number of rotatable bonds is 10. The Labute approximate surface area is 114 Å². The van der Waals surface area contributed by atoms with Crippen LogP contribution in [0.15, 0.2) is 24.3 Å². The molecule has 0 spiro atoms. The molecule has 1 aromatic rings. The van der Waals surface area contributed by atoms with Crippen molar-refractivity contribution >= 4 is 5.69 Å². The zero-order valence-corrected chi connectivity index (χ0v) is 11.5.